The summed E-state index contributed by atoms with van der Waals surface area (Å²) in [6.45, 7) is 0.443. The maximum atomic E-state index is 13.2. The zero-order chi connectivity index (χ0) is 18.9. The van der Waals surface area contributed by atoms with Crippen LogP contribution in [0.2, 0.25) is 0 Å². The molecule has 0 bridgehead atoms. The molecule has 3 aromatic rings. The third-order valence-electron chi connectivity index (χ3n) is 4.68. The van der Waals surface area contributed by atoms with Crippen LogP contribution in [0.1, 0.15) is 28.0 Å². The highest BCUT2D eigenvalue weighted by atomic mass is 79.9. The van der Waals surface area contributed by atoms with E-state index < -0.39 is 5.54 Å². The summed E-state index contributed by atoms with van der Waals surface area (Å²) in [6, 6.07) is 16.9. The van der Waals surface area contributed by atoms with Crippen molar-refractivity contribution >= 4 is 21.8 Å². The van der Waals surface area contributed by atoms with Crippen molar-refractivity contribution in [2.24, 2.45) is 0 Å². The number of benzene rings is 2. The summed E-state index contributed by atoms with van der Waals surface area (Å²) in [4.78, 5) is 17.5. The van der Waals surface area contributed by atoms with Crippen LogP contribution < -0.4 is 10.1 Å². The molecule has 1 amide bonds. The number of pyridine rings is 1. The minimum Gasteiger partial charge on any atom is -0.491 e. The van der Waals surface area contributed by atoms with Gasteiger partial charge in [-0.2, -0.15) is 0 Å². The molecule has 1 unspecified atom stereocenters. The van der Waals surface area contributed by atoms with Gasteiger partial charge in [0.2, 0.25) is 0 Å². The van der Waals surface area contributed by atoms with Crippen LogP contribution in [0.5, 0.6) is 5.75 Å². The molecule has 0 saturated heterocycles. The van der Waals surface area contributed by atoms with E-state index in [1.54, 1.807) is 12.3 Å². The van der Waals surface area contributed by atoms with Gasteiger partial charge >= 0.3 is 0 Å². The number of ether oxygens (including phenoxy) is 1. The summed E-state index contributed by atoms with van der Waals surface area (Å²) in [5.41, 5.74) is 1.12. The van der Waals surface area contributed by atoms with Crippen LogP contribution in [0, 0.1) is 5.82 Å². The van der Waals surface area contributed by atoms with Crippen molar-refractivity contribution in [2.75, 3.05) is 6.61 Å². The third kappa shape index (κ3) is 3.32. The number of fused-ring (bicyclic) bond motifs is 1. The Morgan fingerprint density at radius 2 is 1.85 bits per heavy atom. The summed E-state index contributed by atoms with van der Waals surface area (Å²) in [5.74, 6) is -0.0326. The Kier molecular flexibility index (Phi) is 4.66. The van der Waals surface area contributed by atoms with E-state index in [2.05, 4.69) is 26.2 Å². The summed E-state index contributed by atoms with van der Waals surface area (Å²) < 4.78 is 19.9. The number of nitrogens with one attached hydrogen (secondary N) is 1. The van der Waals surface area contributed by atoms with Crippen molar-refractivity contribution in [2.45, 2.75) is 12.0 Å². The highest BCUT2D eigenvalue weighted by Gasteiger charge is 2.42. The maximum absolute atomic E-state index is 13.2. The van der Waals surface area contributed by atoms with Crippen LogP contribution >= 0.6 is 15.9 Å². The van der Waals surface area contributed by atoms with Gasteiger partial charge in [-0.15, -0.1) is 0 Å². The van der Waals surface area contributed by atoms with Crippen molar-refractivity contribution in [1.29, 1.82) is 0 Å². The Morgan fingerprint density at radius 1 is 1.11 bits per heavy atom. The molecule has 0 saturated carbocycles. The van der Waals surface area contributed by atoms with Crippen molar-refractivity contribution in [1.82, 2.24) is 10.3 Å². The second kappa shape index (κ2) is 7.12. The van der Waals surface area contributed by atoms with Gasteiger partial charge in [0.1, 0.15) is 22.8 Å². The zero-order valence-corrected chi connectivity index (χ0v) is 15.9. The lowest BCUT2D eigenvalue weighted by Gasteiger charge is -2.39. The molecule has 0 aliphatic carbocycles. The maximum Gasteiger partial charge on any atom is 0.252 e. The molecule has 4 rings (SSSR count). The molecular formula is C21H16BrFN2O2. The smallest absolute Gasteiger partial charge is 0.252 e. The predicted molar refractivity (Wildman–Crippen MR) is 103 cm³/mol. The number of carbonyl (C=O) groups is 1. The third-order valence-corrected chi connectivity index (χ3v) is 5.21. The first kappa shape index (κ1) is 17.7. The Balaban J connectivity index is 1.81. The quantitative estimate of drug-likeness (QED) is 0.673. The van der Waals surface area contributed by atoms with Crippen LogP contribution in [-0.2, 0) is 5.54 Å². The second-order valence-electron chi connectivity index (χ2n) is 6.32. The summed E-state index contributed by atoms with van der Waals surface area (Å²) in [7, 11) is 0. The van der Waals surface area contributed by atoms with Crippen molar-refractivity contribution in [3.63, 3.8) is 0 Å². The van der Waals surface area contributed by atoms with E-state index in [9.17, 15) is 9.18 Å². The summed E-state index contributed by atoms with van der Waals surface area (Å²) in [5, 5.41) is 3.14. The fourth-order valence-corrected chi connectivity index (χ4v) is 3.60. The Morgan fingerprint density at radius 3 is 2.59 bits per heavy atom. The molecule has 1 aliphatic rings. The minimum absolute atomic E-state index is 0.295. The van der Waals surface area contributed by atoms with E-state index in [0.29, 0.717) is 30.0 Å². The first-order chi connectivity index (χ1) is 13.1. The monoisotopic (exact) mass is 426 g/mol. The fourth-order valence-electron chi connectivity index (χ4n) is 3.34. The molecule has 0 spiro atoms. The molecule has 2 aromatic carbocycles. The average molecular weight is 427 g/mol. The molecule has 0 fully saturated rings. The molecule has 0 radical (unpaired) electrons. The van der Waals surface area contributed by atoms with Gasteiger partial charge in [0.25, 0.3) is 5.91 Å². The van der Waals surface area contributed by atoms with Crippen LogP contribution in [-0.4, -0.2) is 17.5 Å². The van der Waals surface area contributed by atoms with Gasteiger partial charge in [0.15, 0.2) is 0 Å². The molecule has 1 N–H and O–H groups in total. The number of nitrogens with zero attached hydrogens (tertiary/aromatic N) is 1. The number of carbonyl (C=O) groups excluding carboxylic acids is 1. The lowest BCUT2D eigenvalue weighted by molar-refractivity contribution is 0.0883. The Bertz CT molecular complexity index is 976. The van der Waals surface area contributed by atoms with Crippen molar-refractivity contribution in [3.05, 3.63) is 94.0 Å². The van der Waals surface area contributed by atoms with Gasteiger partial charge in [0.05, 0.1) is 6.61 Å². The van der Waals surface area contributed by atoms with Gasteiger partial charge in [-0.1, -0.05) is 28.1 Å². The van der Waals surface area contributed by atoms with E-state index >= 15 is 0 Å². The van der Waals surface area contributed by atoms with Gasteiger partial charge < -0.3 is 10.1 Å². The molecule has 6 heteroatoms. The lowest BCUT2D eigenvalue weighted by atomic mass is 9.81. The number of halogens is 2. The Hall–Kier alpha value is -2.73. The fraction of sp³-hybridized carbons (Fsp3) is 0.143. The summed E-state index contributed by atoms with van der Waals surface area (Å²) >= 11 is 3.45. The molecular weight excluding hydrogens is 411 g/mol. The molecule has 136 valence electrons. The van der Waals surface area contributed by atoms with Crippen LogP contribution in [0.25, 0.3) is 0 Å². The number of hydrogen-bond donors (Lipinski definition) is 1. The number of amides is 1. The first-order valence-corrected chi connectivity index (χ1v) is 9.30. The van der Waals surface area contributed by atoms with Crippen LogP contribution in [0.4, 0.5) is 4.39 Å². The summed E-state index contributed by atoms with van der Waals surface area (Å²) in [6.07, 6.45) is 2.22. The van der Waals surface area contributed by atoms with E-state index in [1.807, 2.05) is 30.3 Å². The Labute approximate surface area is 164 Å². The second-order valence-corrected chi connectivity index (χ2v) is 7.24. The molecule has 1 aliphatic heterocycles. The highest BCUT2D eigenvalue weighted by molar-refractivity contribution is 9.10. The topological polar surface area (TPSA) is 51.2 Å². The van der Waals surface area contributed by atoms with E-state index in [-0.39, 0.29) is 11.7 Å². The van der Waals surface area contributed by atoms with Gasteiger partial charge in [-0.3, -0.25) is 9.78 Å². The zero-order valence-electron chi connectivity index (χ0n) is 14.3. The molecule has 27 heavy (non-hydrogen) atoms. The predicted octanol–water partition coefficient (Wildman–Crippen LogP) is 4.44. The van der Waals surface area contributed by atoms with Gasteiger partial charge in [-0.05, 0) is 54.1 Å². The molecule has 4 nitrogen and oxygen atoms in total. The molecule has 1 aromatic heterocycles. The largest absolute Gasteiger partial charge is 0.491 e. The standard InChI is InChI=1S/C21H16BrFN2O2/c22-16-7-5-15(6-8-16)21(11-13-27-18-2-1-12-24-19(18)21)25-20(26)14-3-9-17(23)10-4-14/h1-10,12H,11,13H2,(H,25,26). The van der Waals surface area contributed by atoms with E-state index in [4.69, 9.17) is 4.74 Å². The SMILES string of the molecule is O=C(NC1(c2ccc(Br)cc2)CCOc2cccnc21)c1ccc(F)cc1. The normalized spacial score (nSPS) is 18.3. The highest BCUT2D eigenvalue weighted by Crippen LogP contribution is 2.40. The molecule has 2 heterocycles. The first-order valence-electron chi connectivity index (χ1n) is 8.51. The van der Waals surface area contributed by atoms with Crippen LogP contribution in [0.15, 0.2) is 71.3 Å². The molecule has 1 atom stereocenters. The van der Waals surface area contributed by atoms with Gasteiger partial charge in [0, 0.05) is 22.7 Å². The van der Waals surface area contributed by atoms with E-state index in [1.165, 1.54) is 24.3 Å². The average Bonchev–Trinajstić information content (AvgIpc) is 2.69. The van der Waals surface area contributed by atoms with Crippen LogP contribution in [0.3, 0.4) is 0 Å². The van der Waals surface area contributed by atoms with Crippen molar-refractivity contribution < 1.29 is 13.9 Å². The lowest BCUT2D eigenvalue weighted by Crippen LogP contribution is -2.50. The number of aromatic nitrogens is 1. The number of rotatable bonds is 3. The minimum atomic E-state index is -0.832. The van der Waals surface area contributed by atoms with Gasteiger partial charge in [-0.25, -0.2) is 4.39 Å². The van der Waals surface area contributed by atoms with Crippen molar-refractivity contribution in [3.8, 4) is 5.75 Å². The number of hydrogen-bond acceptors (Lipinski definition) is 3. The van der Waals surface area contributed by atoms with E-state index in [0.717, 1.165) is 10.0 Å².